The first-order chi connectivity index (χ1) is 9.56. The third kappa shape index (κ3) is 18.3. The molecular weight excluding hydrogens is 291 g/mol. The molecule has 0 fully saturated rings. The number of rotatable bonds is 14. The molecule has 0 bridgehead atoms. The van der Waals surface area contributed by atoms with E-state index in [1.807, 2.05) is 0 Å². The molecule has 0 saturated heterocycles. The van der Waals surface area contributed by atoms with Gasteiger partial charge in [-0.05, 0) is 37.5 Å². The Morgan fingerprint density at radius 1 is 0.850 bits per heavy atom. The first kappa shape index (κ1) is 20.3. The molecule has 5 heteroatoms. The first-order valence-electron chi connectivity index (χ1n) is 7.91. The summed E-state index contributed by atoms with van der Waals surface area (Å²) in [6, 6.07) is 0. The molecule has 0 atom stereocenters. The maximum Gasteiger partial charge on any atom is 0.321 e. The smallest absolute Gasteiger partial charge is 0.321 e. The van der Waals surface area contributed by atoms with Crippen LogP contribution in [-0.4, -0.2) is 16.4 Å². The Bertz CT molecular complexity index is 276. The van der Waals surface area contributed by atoms with E-state index >= 15 is 0 Å². The summed E-state index contributed by atoms with van der Waals surface area (Å²) >= 11 is 4.37. The molecule has 2 N–H and O–H groups in total. The zero-order chi connectivity index (χ0) is 15.1. The SMILES string of the molecule is CCCCC=CCCCCCCCCCOP(O)(O)=S. The lowest BCUT2D eigenvalue weighted by molar-refractivity contribution is 0.245. The summed E-state index contributed by atoms with van der Waals surface area (Å²) < 4.78 is 4.76. The van der Waals surface area contributed by atoms with Gasteiger partial charge in [0.1, 0.15) is 0 Å². The second kappa shape index (κ2) is 14.2. The zero-order valence-corrected chi connectivity index (χ0v) is 14.5. The van der Waals surface area contributed by atoms with Gasteiger partial charge < -0.3 is 14.3 Å². The van der Waals surface area contributed by atoms with Gasteiger partial charge in [-0.15, -0.1) is 0 Å². The Labute approximate surface area is 129 Å². The topological polar surface area (TPSA) is 49.7 Å². The van der Waals surface area contributed by atoms with Crippen LogP contribution in [0, 0.1) is 0 Å². The van der Waals surface area contributed by atoms with Crippen LogP contribution in [0.25, 0.3) is 0 Å². The minimum Gasteiger partial charge on any atom is -0.325 e. The third-order valence-electron chi connectivity index (χ3n) is 3.17. The van der Waals surface area contributed by atoms with Crippen LogP contribution in [0.15, 0.2) is 12.2 Å². The Balaban J connectivity index is 3.10. The molecule has 0 saturated carbocycles. The van der Waals surface area contributed by atoms with Crippen LogP contribution in [0.5, 0.6) is 0 Å². The summed E-state index contributed by atoms with van der Waals surface area (Å²) in [7, 11) is 0. The number of allylic oxidation sites excluding steroid dienone is 2. The molecule has 0 radical (unpaired) electrons. The molecule has 0 aliphatic rings. The van der Waals surface area contributed by atoms with E-state index in [1.54, 1.807) is 0 Å². The Morgan fingerprint density at radius 2 is 1.35 bits per heavy atom. The van der Waals surface area contributed by atoms with Crippen LogP contribution in [0.1, 0.15) is 77.6 Å². The quantitative estimate of drug-likeness (QED) is 0.266. The van der Waals surface area contributed by atoms with E-state index in [4.69, 9.17) is 14.3 Å². The minimum atomic E-state index is -3.42. The molecule has 0 unspecified atom stereocenters. The molecule has 0 aromatic heterocycles. The first-order valence-corrected chi connectivity index (χ1v) is 10.5. The molecule has 0 aromatic rings. The van der Waals surface area contributed by atoms with Crippen molar-refractivity contribution < 1.29 is 14.3 Å². The van der Waals surface area contributed by atoms with Crippen molar-refractivity contribution in [3.8, 4) is 0 Å². The highest BCUT2D eigenvalue weighted by Gasteiger charge is 2.05. The summed E-state index contributed by atoms with van der Waals surface area (Å²) in [6.07, 6.45) is 17.9. The van der Waals surface area contributed by atoms with Gasteiger partial charge in [-0.3, -0.25) is 0 Å². The Morgan fingerprint density at radius 3 is 1.90 bits per heavy atom. The monoisotopic (exact) mass is 322 g/mol. The molecule has 0 aromatic carbocycles. The van der Waals surface area contributed by atoms with Gasteiger partial charge in [-0.25, -0.2) is 0 Å². The van der Waals surface area contributed by atoms with Gasteiger partial charge in [0.05, 0.1) is 6.61 Å². The van der Waals surface area contributed by atoms with Crippen molar-refractivity contribution in [1.29, 1.82) is 0 Å². The largest absolute Gasteiger partial charge is 0.325 e. The third-order valence-corrected chi connectivity index (χ3v) is 4.00. The summed E-state index contributed by atoms with van der Waals surface area (Å²) in [6.45, 7) is -0.831. The predicted octanol–water partition coefficient (Wildman–Crippen LogP) is 5.08. The van der Waals surface area contributed by atoms with Crippen LogP contribution in [0.2, 0.25) is 0 Å². The summed E-state index contributed by atoms with van der Waals surface area (Å²) in [5, 5.41) is 0. The van der Waals surface area contributed by atoms with Crippen molar-refractivity contribution in [3.63, 3.8) is 0 Å². The highest BCUT2D eigenvalue weighted by Crippen LogP contribution is 2.36. The maximum atomic E-state index is 8.86. The van der Waals surface area contributed by atoms with E-state index < -0.39 is 6.72 Å². The molecular formula is C15H31O3PS. The standard InChI is InChI=1S/C15H31O3PS/c1-2-3-4-5-6-7-8-9-10-11-12-13-14-15-18-19(16,17)20/h5-6H,2-4,7-15H2,1H3,(H2,16,17,20). The molecule has 0 aliphatic heterocycles. The second-order valence-electron chi connectivity index (χ2n) is 5.20. The van der Waals surface area contributed by atoms with Gasteiger partial charge in [0.15, 0.2) is 0 Å². The molecule has 0 amide bonds. The van der Waals surface area contributed by atoms with Crippen molar-refractivity contribution in [2.75, 3.05) is 6.61 Å². The van der Waals surface area contributed by atoms with E-state index in [9.17, 15) is 0 Å². The van der Waals surface area contributed by atoms with Crippen molar-refractivity contribution in [1.82, 2.24) is 0 Å². The van der Waals surface area contributed by atoms with Crippen LogP contribution >= 0.6 is 6.72 Å². The van der Waals surface area contributed by atoms with Gasteiger partial charge in [0.25, 0.3) is 0 Å². The van der Waals surface area contributed by atoms with Crippen molar-refractivity contribution in [2.45, 2.75) is 77.6 Å². The van der Waals surface area contributed by atoms with Gasteiger partial charge >= 0.3 is 6.72 Å². The van der Waals surface area contributed by atoms with Crippen LogP contribution < -0.4 is 0 Å². The number of hydrogen-bond acceptors (Lipinski definition) is 2. The summed E-state index contributed by atoms with van der Waals surface area (Å²) in [5.74, 6) is 0. The highest BCUT2D eigenvalue weighted by atomic mass is 32.5. The molecule has 120 valence electrons. The fourth-order valence-electron chi connectivity index (χ4n) is 1.99. The number of hydrogen-bond donors (Lipinski definition) is 2. The zero-order valence-electron chi connectivity index (χ0n) is 12.8. The molecule has 0 heterocycles. The highest BCUT2D eigenvalue weighted by molar-refractivity contribution is 8.06. The molecule has 0 spiro atoms. The average Bonchev–Trinajstić information content (AvgIpc) is 2.38. The summed E-state index contributed by atoms with van der Waals surface area (Å²) in [4.78, 5) is 17.7. The predicted molar refractivity (Wildman–Crippen MR) is 90.3 cm³/mol. The molecule has 20 heavy (non-hydrogen) atoms. The van der Waals surface area contributed by atoms with Gasteiger partial charge in [-0.2, -0.15) is 0 Å². The lowest BCUT2D eigenvalue weighted by Gasteiger charge is -2.07. The van der Waals surface area contributed by atoms with Crippen LogP contribution in [0.4, 0.5) is 0 Å². The van der Waals surface area contributed by atoms with E-state index in [0.717, 1.165) is 12.8 Å². The van der Waals surface area contributed by atoms with Crippen LogP contribution in [0.3, 0.4) is 0 Å². The normalized spacial score (nSPS) is 12.3. The van der Waals surface area contributed by atoms with Gasteiger partial charge in [0.2, 0.25) is 0 Å². The minimum absolute atomic E-state index is 0.368. The molecule has 3 nitrogen and oxygen atoms in total. The van der Waals surface area contributed by atoms with Gasteiger partial charge in [-0.1, -0.05) is 64.0 Å². The van der Waals surface area contributed by atoms with Crippen molar-refractivity contribution in [2.24, 2.45) is 0 Å². The maximum absolute atomic E-state index is 8.86. The fourth-order valence-corrected chi connectivity index (χ4v) is 2.58. The van der Waals surface area contributed by atoms with E-state index in [2.05, 4.69) is 30.9 Å². The van der Waals surface area contributed by atoms with E-state index in [0.29, 0.717) is 6.61 Å². The lowest BCUT2D eigenvalue weighted by Crippen LogP contribution is -1.92. The van der Waals surface area contributed by atoms with Crippen molar-refractivity contribution >= 4 is 18.5 Å². The molecule has 0 rings (SSSR count). The second-order valence-corrected chi connectivity index (χ2v) is 7.87. The molecule has 0 aliphatic carbocycles. The van der Waals surface area contributed by atoms with E-state index in [1.165, 1.54) is 57.8 Å². The van der Waals surface area contributed by atoms with Crippen LogP contribution in [-0.2, 0) is 16.3 Å². The lowest BCUT2D eigenvalue weighted by atomic mass is 10.1. The average molecular weight is 322 g/mol. The Kier molecular flexibility index (Phi) is 14.4. The Hall–Kier alpha value is 0.270. The number of unbranched alkanes of at least 4 members (excludes halogenated alkanes) is 9. The van der Waals surface area contributed by atoms with Gasteiger partial charge in [0, 0.05) is 0 Å². The fraction of sp³-hybridized carbons (Fsp3) is 0.867. The van der Waals surface area contributed by atoms with Crippen molar-refractivity contribution in [3.05, 3.63) is 12.2 Å². The van der Waals surface area contributed by atoms with E-state index in [-0.39, 0.29) is 0 Å². The summed E-state index contributed by atoms with van der Waals surface area (Å²) in [5.41, 5.74) is 0.